The first-order chi connectivity index (χ1) is 15.4. The number of anilines is 2. The molecule has 0 unspecified atom stereocenters. The second-order valence-electron chi connectivity index (χ2n) is 7.16. The zero-order chi connectivity index (χ0) is 23.1. The van der Waals surface area contributed by atoms with Crippen LogP contribution in [-0.4, -0.2) is 39.8 Å². The SMILES string of the molecule is C=C(C)C[C@H](NC(=O)c1ccc(-c2csc(Nc3ccncc3)n2)cc1)C(=O)N(C)C#N. The predicted molar refractivity (Wildman–Crippen MR) is 124 cm³/mol. The van der Waals surface area contributed by atoms with Crippen molar-refractivity contribution in [3.63, 3.8) is 0 Å². The summed E-state index contributed by atoms with van der Waals surface area (Å²) in [7, 11) is 1.36. The molecular weight excluding hydrogens is 424 g/mol. The van der Waals surface area contributed by atoms with E-state index in [-0.39, 0.29) is 6.42 Å². The van der Waals surface area contributed by atoms with Gasteiger partial charge in [-0.1, -0.05) is 17.7 Å². The molecule has 1 aromatic carbocycles. The van der Waals surface area contributed by atoms with Gasteiger partial charge in [-0.25, -0.2) is 4.98 Å². The van der Waals surface area contributed by atoms with Crippen molar-refractivity contribution in [3.8, 4) is 17.5 Å². The van der Waals surface area contributed by atoms with Crippen molar-refractivity contribution in [1.82, 2.24) is 20.2 Å². The maximum Gasteiger partial charge on any atom is 0.258 e. The number of hydrogen-bond acceptors (Lipinski definition) is 7. The molecule has 2 amide bonds. The number of nitriles is 1. The highest BCUT2D eigenvalue weighted by molar-refractivity contribution is 7.14. The molecule has 0 saturated heterocycles. The van der Waals surface area contributed by atoms with Crippen molar-refractivity contribution >= 4 is 34.0 Å². The average molecular weight is 447 g/mol. The Morgan fingerprint density at radius 1 is 1.22 bits per heavy atom. The molecule has 1 atom stereocenters. The Balaban J connectivity index is 1.69. The van der Waals surface area contributed by atoms with E-state index in [9.17, 15) is 9.59 Å². The first kappa shape index (κ1) is 22.7. The molecular formula is C23H22N6O2S. The fraction of sp³-hybridized carbons (Fsp3) is 0.174. The van der Waals surface area contributed by atoms with Crippen molar-refractivity contribution in [3.05, 3.63) is 71.9 Å². The zero-order valence-corrected chi connectivity index (χ0v) is 18.5. The van der Waals surface area contributed by atoms with E-state index in [0.717, 1.165) is 32.5 Å². The number of aromatic nitrogens is 2. The van der Waals surface area contributed by atoms with Crippen LogP contribution in [0.3, 0.4) is 0 Å². The number of thiazole rings is 1. The normalized spacial score (nSPS) is 11.2. The Hall–Kier alpha value is -4.03. The van der Waals surface area contributed by atoms with Crippen molar-refractivity contribution in [2.45, 2.75) is 19.4 Å². The van der Waals surface area contributed by atoms with Crippen LogP contribution in [0.2, 0.25) is 0 Å². The van der Waals surface area contributed by atoms with Crippen molar-refractivity contribution in [2.24, 2.45) is 0 Å². The molecule has 0 aliphatic heterocycles. The minimum atomic E-state index is -0.857. The molecule has 32 heavy (non-hydrogen) atoms. The number of nitrogens with zero attached hydrogens (tertiary/aromatic N) is 4. The van der Waals surface area contributed by atoms with Gasteiger partial charge in [0.1, 0.15) is 6.04 Å². The average Bonchev–Trinajstić information content (AvgIpc) is 3.26. The molecule has 3 rings (SSSR count). The van der Waals surface area contributed by atoms with E-state index < -0.39 is 17.9 Å². The van der Waals surface area contributed by atoms with E-state index in [4.69, 9.17) is 5.26 Å². The molecule has 2 aromatic heterocycles. The third-order valence-corrected chi connectivity index (χ3v) is 5.27. The van der Waals surface area contributed by atoms with E-state index in [1.54, 1.807) is 49.8 Å². The Labute approximate surface area is 190 Å². The third-order valence-electron chi connectivity index (χ3n) is 4.52. The summed E-state index contributed by atoms with van der Waals surface area (Å²) in [4.78, 5) is 34.5. The lowest BCUT2D eigenvalue weighted by Crippen LogP contribution is -2.46. The van der Waals surface area contributed by atoms with E-state index in [2.05, 4.69) is 27.2 Å². The van der Waals surface area contributed by atoms with Crippen LogP contribution in [0.5, 0.6) is 0 Å². The van der Waals surface area contributed by atoms with E-state index in [1.165, 1.54) is 18.4 Å². The highest BCUT2D eigenvalue weighted by atomic mass is 32.1. The van der Waals surface area contributed by atoms with Crippen molar-refractivity contribution in [1.29, 1.82) is 5.26 Å². The molecule has 0 bridgehead atoms. The first-order valence-corrected chi connectivity index (χ1v) is 10.6. The van der Waals surface area contributed by atoms with Crippen LogP contribution in [-0.2, 0) is 4.79 Å². The summed E-state index contributed by atoms with van der Waals surface area (Å²) in [6.07, 6.45) is 5.42. The van der Waals surface area contributed by atoms with Gasteiger partial charge in [-0.3, -0.25) is 19.5 Å². The Morgan fingerprint density at radius 2 is 1.91 bits per heavy atom. The molecule has 162 valence electrons. The van der Waals surface area contributed by atoms with Gasteiger partial charge in [-0.05, 0) is 37.6 Å². The lowest BCUT2D eigenvalue weighted by Gasteiger charge is -2.20. The van der Waals surface area contributed by atoms with Crippen LogP contribution < -0.4 is 10.6 Å². The number of carbonyl (C=O) groups excluding carboxylic acids is 2. The largest absolute Gasteiger partial charge is 0.340 e. The van der Waals surface area contributed by atoms with Crippen LogP contribution in [0, 0.1) is 11.5 Å². The van der Waals surface area contributed by atoms with Crippen LogP contribution in [0.4, 0.5) is 10.8 Å². The number of rotatable bonds is 8. The number of amides is 2. The lowest BCUT2D eigenvalue weighted by molar-refractivity contribution is -0.129. The van der Waals surface area contributed by atoms with Gasteiger partial charge in [0, 0.05) is 41.6 Å². The maximum atomic E-state index is 12.7. The van der Waals surface area contributed by atoms with Crippen LogP contribution >= 0.6 is 11.3 Å². The number of pyridine rings is 1. The number of likely N-dealkylation sites (N-methyl/N-ethyl adjacent to an activating group) is 1. The Morgan fingerprint density at radius 3 is 2.53 bits per heavy atom. The van der Waals surface area contributed by atoms with E-state index >= 15 is 0 Å². The van der Waals surface area contributed by atoms with Gasteiger partial charge in [0.2, 0.25) is 0 Å². The molecule has 0 spiro atoms. The minimum absolute atomic E-state index is 0.251. The summed E-state index contributed by atoms with van der Waals surface area (Å²) in [5, 5.41) is 17.6. The topological polar surface area (TPSA) is 111 Å². The molecule has 8 nitrogen and oxygen atoms in total. The van der Waals surface area contributed by atoms with Gasteiger partial charge in [0.15, 0.2) is 11.3 Å². The molecule has 0 aliphatic carbocycles. The van der Waals surface area contributed by atoms with Gasteiger partial charge in [0.05, 0.1) is 5.69 Å². The van der Waals surface area contributed by atoms with Gasteiger partial charge < -0.3 is 10.6 Å². The molecule has 2 N–H and O–H groups in total. The van der Waals surface area contributed by atoms with E-state index in [1.807, 2.05) is 17.5 Å². The number of nitrogens with one attached hydrogen (secondary N) is 2. The molecule has 3 aromatic rings. The summed E-state index contributed by atoms with van der Waals surface area (Å²) >= 11 is 1.47. The summed E-state index contributed by atoms with van der Waals surface area (Å²) in [5.41, 5.74) is 3.67. The fourth-order valence-corrected chi connectivity index (χ4v) is 3.63. The maximum absolute atomic E-state index is 12.7. The van der Waals surface area contributed by atoms with Crippen LogP contribution in [0.25, 0.3) is 11.3 Å². The molecule has 0 radical (unpaired) electrons. The highest BCUT2D eigenvalue weighted by Crippen LogP contribution is 2.27. The van der Waals surface area contributed by atoms with Crippen LogP contribution in [0.15, 0.2) is 66.3 Å². The smallest absolute Gasteiger partial charge is 0.258 e. The van der Waals surface area contributed by atoms with E-state index in [0.29, 0.717) is 5.56 Å². The molecule has 9 heteroatoms. The first-order valence-electron chi connectivity index (χ1n) is 9.73. The number of carbonyl (C=O) groups is 2. The second kappa shape index (κ2) is 10.3. The third kappa shape index (κ3) is 5.77. The fourth-order valence-electron chi connectivity index (χ4n) is 2.89. The highest BCUT2D eigenvalue weighted by Gasteiger charge is 2.24. The molecule has 0 fully saturated rings. The van der Waals surface area contributed by atoms with Gasteiger partial charge in [-0.15, -0.1) is 17.9 Å². The van der Waals surface area contributed by atoms with Crippen LogP contribution in [0.1, 0.15) is 23.7 Å². The van der Waals surface area contributed by atoms with Gasteiger partial charge in [0.25, 0.3) is 11.8 Å². The monoisotopic (exact) mass is 446 g/mol. The number of hydrogen-bond donors (Lipinski definition) is 2. The Kier molecular flexibility index (Phi) is 7.31. The number of benzene rings is 1. The molecule has 0 saturated carbocycles. The lowest BCUT2D eigenvalue weighted by atomic mass is 10.1. The Bertz CT molecular complexity index is 1150. The molecule has 2 heterocycles. The second-order valence-corrected chi connectivity index (χ2v) is 8.02. The predicted octanol–water partition coefficient (Wildman–Crippen LogP) is 3.95. The van der Waals surface area contributed by atoms with Gasteiger partial charge >= 0.3 is 0 Å². The van der Waals surface area contributed by atoms with Gasteiger partial charge in [-0.2, -0.15) is 5.26 Å². The minimum Gasteiger partial charge on any atom is -0.340 e. The zero-order valence-electron chi connectivity index (χ0n) is 17.7. The standard InChI is InChI=1S/C23H22N6O2S/c1-15(2)12-19(22(31)29(3)14-24)27-21(30)17-6-4-16(5-7-17)20-13-32-23(28-20)26-18-8-10-25-11-9-18/h4-11,13,19H,1,12H2,2-3H3,(H,27,30)(H,25,26,28)/t19-/m0/s1. The van der Waals surface area contributed by atoms with Crippen molar-refractivity contribution in [2.75, 3.05) is 12.4 Å². The summed E-state index contributed by atoms with van der Waals surface area (Å²) in [6, 6.07) is 9.81. The summed E-state index contributed by atoms with van der Waals surface area (Å²) in [5.74, 6) is -0.891. The summed E-state index contributed by atoms with van der Waals surface area (Å²) < 4.78 is 0. The van der Waals surface area contributed by atoms with Crippen molar-refractivity contribution < 1.29 is 9.59 Å². The quantitative estimate of drug-likeness (QED) is 0.308. The molecule has 0 aliphatic rings. The summed E-state index contributed by atoms with van der Waals surface area (Å²) in [6.45, 7) is 5.56.